The first-order valence-electron chi connectivity index (χ1n) is 6.65. The quantitative estimate of drug-likeness (QED) is 0.904. The SMILES string of the molecule is O=C(N=S(=O)=O)c1cc(F)c(OCC2CCCNC2)cc1F. The van der Waals surface area contributed by atoms with E-state index in [1.165, 1.54) is 0 Å². The summed E-state index contributed by atoms with van der Waals surface area (Å²) in [6.45, 7) is 1.90. The van der Waals surface area contributed by atoms with E-state index in [0.29, 0.717) is 6.07 Å². The molecule has 1 unspecified atom stereocenters. The Morgan fingerprint density at radius 2 is 2.14 bits per heavy atom. The summed E-state index contributed by atoms with van der Waals surface area (Å²) in [4.78, 5) is 11.3. The number of ether oxygens (including phenoxy) is 1. The van der Waals surface area contributed by atoms with E-state index < -0.39 is 33.6 Å². The Balaban J connectivity index is 2.12. The molecule has 0 aliphatic carbocycles. The lowest BCUT2D eigenvalue weighted by Crippen LogP contribution is -2.33. The van der Waals surface area contributed by atoms with Gasteiger partial charge in [-0.2, -0.15) is 8.42 Å². The number of nitrogens with one attached hydrogen (secondary N) is 1. The largest absolute Gasteiger partial charge is 0.490 e. The Morgan fingerprint density at radius 1 is 1.36 bits per heavy atom. The van der Waals surface area contributed by atoms with Crippen molar-refractivity contribution in [3.8, 4) is 5.75 Å². The molecule has 1 amide bonds. The highest BCUT2D eigenvalue weighted by Gasteiger charge is 2.19. The molecule has 9 heteroatoms. The summed E-state index contributed by atoms with van der Waals surface area (Å²) in [5.74, 6) is -3.51. The number of nitrogens with zero attached hydrogens (tertiary/aromatic N) is 1. The average molecular weight is 332 g/mol. The summed E-state index contributed by atoms with van der Waals surface area (Å²) >= 11 is 0. The predicted molar refractivity (Wildman–Crippen MR) is 73.1 cm³/mol. The van der Waals surface area contributed by atoms with Crippen LogP contribution in [0.2, 0.25) is 0 Å². The van der Waals surface area contributed by atoms with Gasteiger partial charge in [-0.1, -0.05) is 4.36 Å². The minimum Gasteiger partial charge on any atom is -0.490 e. The zero-order valence-corrected chi connectivity index (χ0v) is 12.3. The number of benzene rings is 1. The molecule has 1 heterocycles. The smallest absolute Gasteiger partial charge is 0.319 e. The molecule has 0 saturated carbocycles. The molecule has 1 fully saturated rings. The summed E-state index contributed by atoms with van der Waals surface area (Å²) in [5.41, 5.74) is -0.756. The van der Waals surface area contributed by atoms with Gasteiger partial charge in [0.1, 0.15) is 5.82 Å². The highest BCUT2D eigenvalue weighted by molar-refractivity contribution is 7.62. The summed E-state index contributed by atoms with van der Waals surface area (Å²) in [6.07, 6.45) is 1.92. The molecule has 6 nitrogen and oxygen atoms in total. The van der Waals surface area contributed by atoms with Crippen molar-refractivity contribution >= 4 is 16.4 Å². The first-order valence-corrected chi connectivity index (χ1v) is 7.68. The molecule has 0 aromatic heterocycles. The topological polar surface area (TPSA) is 84.8 Å². The lowest BCUT2D eigenvalue weighted by molar-refractivity contribution is 0.100. The molecular formula is C13H14F2N2O4S. The fraction of sp³-hybridized carbons (Fsp3) is 0.462. The Bertz CT molecular complexity index is 692. The molecule has 120 valence electrons. The van der Waals surface area contributed by atoms with Crippen LogP contribution in [0.5, 0.6) is 5.75 Å². The van der Waals surface area contributed by atoms with Gasteiger partial charge in [-0.25, -0.2) is 8.78 Å². The maximum absolute atomic E-state index is 13.8. The van der Waals surface area contributed by atoms with Crippen LogP contribution in [0.4, 0.5) is 8.78 Å². The van der Waals surface area contributed by atoms with Gasteiger partial charge in [0.25, 0.3) is 5.91 Å². The molecule has 1 aliphatic rings. The summed E-state index contributed by atoms with van der Waals surface area (Å²) in [5, 5.41) is 3.18. The predicted octanol–water partition coefficient (Wildman–Crippen LogP) is 1.55. The van der Waals surface area contributed by atoms with Gasteiger partial charge in [-0.15, -0.1) is 0 Å². The van der Waals surface area contributed by atoms with Crippen molar-refractivity contribution in [3.63, 3.8) is 0 Å². The van der Waals surface area contributed by atoms with Crippen LogP contribution >= 0.6 is 0 Å². The van der Waals surface area contributed by atoms with E-state index in [4.69, 9.17) is 4.74 Å². The maximum atomic E-state index is 13.8. The fourth-order valence-corrected chi connectivity index (χ4v) is 2.43. The Labute approximate surface area is 127 Å². The number of halogens is 2. The van der Waals surface area contributed by atoms with Crippen molar-refractivity contribution in [1.82, 2.24) is 5.32 Å². The highest BCUT2D eigenvalue weighted by atomic mass is 32.2. The summed E-state index contributed by atoms with van der Waals surface area (Å²) in [7, 11) is -3.03. The number of rotatable bonds is 4. The second-order valence-corrected chi connectivity index (χ2v) is 5.52. The Hall–Kier alpha value is -1.87. The fourth-order valence-electron chi connectivity index (χ4n) is 2.19. The van der Waals surface area contributed by atoms with Gasteiger partial charge in [0.05, 0.1) is 12.2 Å². The molecule has 1 aliphatic heterocycles. The molecule has 1 atom stereocenters. The van der Waals surface area contributed by atoms with Gasteiger partial charge in [-0.05, 0) is 25.5 Å². The van der Waals surface area contributed by atoms with E-state index in [2.05, 4.69) is 9.68 Å². The van der Waals surface area contributed by atoms with Crippen LogP contribution in [0.1, 0.15) is 23.2 Å². The lowest BCUT2D eigenvalue weighted by atomic mass is 10.0. The van der Waals surface area contributed by atoms with E-state index in [0.717, 1.165) is 32.0 Å². The van der Waals surface area contributed by atoms with Gasteiger partial charge in [-0.3, -0.25) is 4.79 Å². The number of piperidine rings is 1. The van der Waals surface area contributed by atoms with E-state index in [1.54, 1.807) is 0 Å². The first-order chi connectivity index (χ1) is 10.5. The standard InChI is InChI=1S/C13H14F2N2O4S/c14-10-5-12(21-7-8-2-1-3-16-6-8)11(15)4-9(10)13(18)17-22(19)20/h4-5,8,16H,1-3,6-7H2. The Kier molecular flexibility index (Phi) is 5.56. The molecule has 0 spiro atoms. The molecule has 1 aromatic carbocycles. The van der Waals surface area contributed by atoms with Crippen LogP contribution in [0, 0.1) is 17.6 Å². The molecule has 0 bridgehead atoms. The maximum Gasteiger partial charge on any atom is 0.319 e. The van der Waals surface area contributed by atoms with Crippen LogP contribution in [0.15, 0.2) is 16.5 Å². The van der Waals surface area contributed by atoms with E-state index in [-0.39, 0.29) is 18.3 Å². The van der Waals surface area contributed by atoms with Gasteiger partial charge < -0.3 is 10.1 Å². The van der Waals surface area contributed by atoms with Crippen LogP contribution in [-0.2, 0) is 10.5 Å². The van der Waals surface area contributed by atoms with Gasteiger partial charge in [0.15, 0.2) is 11.6 Å². The van der Waals surface area contributed by atoms with Crippen molar-refractivity contribution in [2.24, 2.45) is 10.3 Å². The summed E-state index contributed by atoms with van der Waals surface area (Å²) in [6, 6.07) is 1.31. The van der Waals surface area contributed by atoms with Gasteiger partial charge in [0.2, 0.25) is 0 Å². The number of amides is 1. The molecule has 1 saturated heterocycles. The van der Waals surface area contributed by atoms with Crippen LogP contribution in [0.3, 0.4) is 0 Å². The number of hydrogen-bond acceptors (Lipinski definition) is 5. The van der Waals surface area contributed by atoms with Gasteiger partial charge >= 0.3 is 10.5 Å². The van der Waals surface area contributed by atoms with E-state index in [9.17, 15) is 22.0 Å². The van der Waals surface area contributed by atoms with Crippen molar-refractivity contribution in [3.05, 3.63) is 29.3 Å². The van der Waals surface area contributed by atoms with E-state index >= 15 is 0 Å². The molecule has 2 rings (SSSR count). The second kappa shape index (κ2) is 7.41. The lowest BCUT2D eigenvalue weighted by Gasteiger charge is -2.22. The third-order valence-corrected chi connectivity index (χ3v) is 3.60. The third-order valence-electron chi connectivity index (χ3n) is 3.28. The van der Waals surface area contributed by atoms with Crippen molar-refractivity contribution < 1.29 is 26.7 Å². The minimum absolute atomic E-state index is 0.204. The third kappa shape index (κ3) is 4.31. The van der Waals surface area contributed by atoms with Crippen molar-refractivity contribution in [2.75, 3.05) is 19.7 Å². The molecule has 0 radical (unpaired) electrons. The number of hydrogen-bond donors (Lipinski definition) is 1. The molecule has 22 heavy (non-hydrogen) atoms. The number of carbonyl (C=O) groups excluding carboxylic acids is 1. The zero-order chi connectivity index (χ0) is 16.1. The Morgan fingerprint density at radius 3 is 2.77 bits per heavy atom. The van der Waals surface area contributed by atoms with Crippen LogP contribution < -0.4 is 10.1 Å². The van der Waals surface area contributed by atoms with E-state index in [1.807, 2.05) is 0 Å². The average Bonchev–Trinajstić information content (AvgIpc) is 2.48. The van der Waals surface area contributed by atoms with Gasteiger partial charge in [0, 0.05) is 18.5 Å². The monoisotopic (exact) mass is 332 g/mol. The van der Waals surface area contributed by atoms with Crippen molar-refractivity contribution in [1.29, 1.82) is 0 Å². The first kappa shape index (κ1) is 16.5. The molecular weight excluding hydrogens is 318 g/mol. The van der Waals surface area contributed by atoms with Crippen molar-refractivity contribution in [2.45, 2.75) is 12.8 Å². The minimum atomic E-state index is -3.03. The second-order valence-electron chi connectivity index (χ2n) is 4.90. The molecule has 1 aromatic rings. The highest BCUT2D eigenvalue weighted by Crippen LogP contribution is 2.23. The van der Waals surface area contributed by atoms with Crippen LogP contribution in [0.25, 0.3) is 0 Å². The molecule has 1 N–H and O–H groups in total. The summed E-state index contributed by atoms with van der Waals surface area (Å²) < 4.78 is 56.0. The zero-order valence-electron chi connectivity index (χ0n) is 11.5. The number of carbonyl (C=O) groups is 1. The normalized spacial score (nSPS) is 17.8. The van der Waals surface area contributed by atoms with Crippen LogP contribution in [-0.4, -0.2) is 34.0 Å².